The van der Waals surface area contributed by atoms with Gasteiger partial charge in [-0.2, -0.15) is 0 Å². The molecule has 1 fully saturated rings. The first-order valence-electron chi connectivity index (χ1n) is 9.69. The maximum Gasteiger partial charge on any atom is 0.255 e. The Kier molecular flexibility index (Phi) is 5.70. The summed E-state index contributed by atoms with van der Waals surface area (Å²) in [5.74, 6) is 1.59. The first-order valence-corrected chi connectivity index (χ1v) is 9.69. The minimum atomic E-state index is 0.0126. The summed E-state index contributed by atoms with van der Waals surface area (Å²) in [6.07, 6.45) is 6.81. The number of hydrogen-bond donors (Lipinski definition) is 0. The Morgan fingerprint density at radius 1 is 1.00 bits per heavy atom. The van der Waals surface area contributed by atoms with E-state index in [0.717, 1.165) is 35.6 Å². The van der Waals surface area contributed by atoms with Gasteiger partial charge in [0.1, 0.15) is 17.6 Å². The number of aromatic nitrogens is 2. The number of rotatable bonds is 5. The molecule has 0 bridgehead atoms. The number of likely N-dealkylation sites (tertiary alicyclic amines) is 1. The predicted molar refractivity (Wildman–Crippen MR) is 110 cm³/mol. The standard InChI is InChI=1S/C23H23N3O3/c1-28-19-7-4-17(5-8-19)22-9-6-18(15-25-22)23(27)26-13-10-20(11-14-26)29-21-3-2-12-24-16-21/h2-9,12,15-16,20H,10-11,13-14H2,1H3. The first-order chi connectivity index (χ1) is 14.2. The molecule has 148 valence electrons. The van der Waals surface area contributed by atoms with Crippen LogP contribution in [-0.2, 0) is 0 Å². The van der Waals surface area contributed by atoms with Crippen LogP contribution in [0.2, 0.25) is 0 Å². The molecule has 1 aromatic carbocycles. The van der Waals surface area contributed by atoms with Gasteiger partial charge in [-0.05, 0) is 48.5 Å². The minimum Gasteiger partial charge on any atom is -0.497 e. The van der Waals surface area contributed by atoms with Crippen molar-refractivity contribution in [2.45, 2.75) is 18.9 Å². The fraction of sp³-hybridized carbons (Fsp3) is 0.261. The van der Waals surface area contributed by atoms with Crippen molar-refractivity contribution < 1.29 is 14.3 Å². The molecular weight excluding hydrogens is 366 g/mol. The van der Waals surface area contributed by atoms with Crippen LogP contribution in [0.3, 0.4) is 0 Å². The molecule has 0 radical (unpaired) electrons. The van der Waals surface area contributed by atoms with E-state index in [1.165, 1.54) is 0 Å². The highest BCUT2D eigenvalue weighted by Crippen LogP contribution is 2.22. The van der Waals surface area contributed by atoms with Gasteiger partial charge in [0.25, 0.3) is 5.91 Å². The van der Waals surface area contributed by atoms with Gasteiger partial charge in [0.2, 0.25) is 0 Å². The molecule has 1 aliphatic heterocycles. The van der Waals surface area contributed by atoms with Gasteiger partial charge in [-0.25, -0.2) is 0 Å². The number of ether oxygens (including phenoxy) is 2. The van der Waals surface area contributed by atoms with Gasteiger partial charge in [-0.1, -0.05) is 0 Å². The quantitative estimate of drug-likeness (QED) is 0.663. The lowest BCUT2D eigenvalue weighted by atomic mass is 10.1. The van der Waals surface area contributed by atoms with Gasteiger partial charge in [0.15, 0.2) is 0 Å². The molecule has 0 aliphatic carbocycles. The minimum absolute atomic E-state index is 0.0126. The Morgan fingerprint density at radius 2 is 1.79 bits per heavy atom. The Bertz CT molecular complexity index is 935. The van der Waals surface area contributed by atoms with Crippen LogP contribution in [0.5, 0.6) is 11.5 Å². The molecule has 3 heterocycles. The highest BCUT2D eigenvalue weighted by atomic mass is 16.5. The third-order valence-corrected chi connectivity index (χ3v) is 5.06. The number of hydrogen-bond acceptors (Lipinski definition) is 5. The SMILES string of the molecule is COc1ccc(-c2ccc(C(=O)N3CCC(Oc4cccnc4)CC3)cn2)cc1. The molecule has 6 heteroatoms. The summed E-state index contributed by atoms with van der Waals surface area (Å²) < 4.78 is 11.1. The fourth-order valence-corrected chi connectivity index (χ4v) is 3.42. The maximum atomic E-state index is 12.8. The normalized spacial score (nSPS) is 14.4. The number of nitrogens with zero attached hydrogens (tertiary/aromatic N) is 3. The van der Waals surface area contributed by atoms with Gasteiger partial charge >= 0.3 is 0 Å². The monoisotopic (exact) mass is 389 g/mol. The molecule has 1 aliphatic rings. The van der Waals surface area contributed by atoms with E-state index in [-0.39, 0.29) is 12.0 Å². The number of methoxy groups -OCH3 is 1. The van der Waals surface area contributed by atoms with Gasteiger partial charge in [0, 0.05) is 43.9 Å². The summed E-state index contributed by atoms with van der Waals surface area (Å²) in [4.78, 5) is 23.2. The Morgan fingerprint density at radius 3 is 2.41 bits per heavy atom. The molecule has 0 N–H and O–H groups in total. The molecule has 1 amide bonds. The Labute approximate surface area is 170 Å². The molecule has 0 saturated carbocycles. The van der Waals surface area contributed by atoms with Crippen LogP contribution >= 0.6 is 0 Å². The Hall–Kier alpha value is -3.41. The number of carbonyl (C=O) groups is 1. The molecular formula is C23H23N3O3. The second kappa shape index (κ2) is 8.73. The van der Waals surface area contributed by atoms with E-state index in [0.29, 0.717) is 18.7 Å². The molecule has 29 heavy (non-hydrogen) atoms. The number of carbonyl (C=O) groups excluding carboxylic acids is 1. The van der Waals surface area contributed by atoms with Crippen LogP contribution in [0.25, 0.3) is 11.3 Å². The predicted octanol–water partition coefficient (Wildman–Crippen LogP) is 3.84. The third kappa shape index (κ3) is 4.54. The summed E-state index contributed by atoms with van der Waals surface area (Å²) in [6.45, 7) is 1.34. The van der Waals surface area contributed by atoms with Gasteiger partial charge in [0.05, 0.1) is 24.6 Å². The number of pyridine rings is 2. The first kappa shape index (κ1) is 18.9. The number of amides is 1. The molecule has 3 aromatic rings. The summed E-state index contributed by atoms with van der Waals surface area (Å²) in [5.41, 5.74) is 2.42. The molecule has 0 atom stereocenters. The third-order valence-electron chi connectivity index (χ3n) is 5.06. The van der Waals surface area contributed by atoms with E-state index >= 15 is 0 Å². The van der Waals surface area contributed by atoms with Crippen molar-refractivity contribution in [1.82, 2.24) is 14.9 Å². The lowest BCUT2D eigenvalue weighted by Gasteiger charge is -2.32. The van der Waals surface area contributed by atoms with Crippen LogP contribution in [0.1, 0.15) is 23.2 Å². The molecule has 2 aromatic heterocycles. The summed E-state index contributed by atoms with van der Waals surface area (Å²) in [7, 11) is 1.64. The Balaban J connectivity index is 1.35. The molecule has 0 unspecified atom stereocenters. The second-order valence-corrected chi connectivity index (χ2v) is 6.96. The fourth-order valence-electron chi connectivity index (χ4n) is 3.42. The van der Waals surface area contributed by atoms with Crippen LogP contribution in [0.15, 0.2) is 67.1 Å². The van der Waals surface area contributed by atoms with Crippen molar-refractivity contribution in [3.63, 3.8) is 0 Å². The molecule has 4 rings (SSSR count). The van der Waals surface area contributed by atoms with E-state index < -0.39 is 0 Å². The number of benzene rings is 1. The smallest absolute Gasteiger partial charge is 0.255 e. The van der Waals surface area contributed by atoms with Crippen LogP contribution in [0.4, 0.5) is 0 Å². The lowest BCUT2D eigenvalue weighted by Crippen LogP contribution is -2.41. The zero-order valence-electron chi connectivity index (χ0n) is 16.3. The van der Waals surface area contributed by atoms with Crippen LogP contribution in [0, 0.1) is 0 Å². The van der Waals surface area contributed by atoms with Gasteiger partial charge in [-0.15, -0.1) is 0 Å². The van der Waals surface area contributed by atoms with E-state index in [9.17, 15) is 4.79 Å². The van der Waals surface area contributed by atoms with Gasteiger partial charge in [-0.3, -0.25) is 14.8 Å². The highest BCUT2D eigenvalue weighted by Gasteiger charge is 2.25. The topological polar surface area (TPSA) is 64.5 Å². The van der Waals surface area contributed by atoms with E-state index in [1.54, 1.807) is 25.7 Å². The summed E-state index contributed by atoms with van der Waals surface area (Å²) in [5, 5.41) is 0. The van der Waals surface area contributed by atoms with Crippen LogP contribution < -0.4 is 9.47 Å². The van der Waals surface area contributed by atoms with Crippen molar-refractivity contribution in [2.75, 3.05) is 20.2 Å². The molecule has 0 spiro atoms. The summed E-state index contributed by atoms with van der Waals surface area (Å²) >= 11 is 0. The van der Waals surface area contributed by atoms with E-state index in [2.05, 4.69) is 9.97 Å². The second-order valence-electron chi connectivity index (χ2n) is 6.96. The van der Waals surface area contributed by atoms with E-state index in [1.807, 2.05) is 53.4 Å². The molecule has 1 saturated heterocycles. The van der Waals surface area contributed by atoms with Crippen molar-refractivity contribution in [1.29, 1.82) is 0 Å². The van der Waals surface area contributed by atoms with Crippen LogP contribution in [-0.4, -0.2) is 47.1 Å². The average Bonchev–Trinajstić information content (AvgIpc) is 2.80. The van der Waals surface area contributed by atoms with Gasteiger partial charge < -0.3 is 14.4 Å². The number of piperidine rings is 1. The lowest BCUT2D eigenvalue weighted by molar-refractivity contribution is 0.0594. The van der Waals surface area contributed by atoms with E-state index in [4.69, 9.17) is 9.47 Å². The van der Waals surface area contributed by atoms with Crippen molar-refractivity contribution in [3.8, 4) is 22.8 Å². The zero-order valence-corrected chi connectivity index (χ0v) is 16.3. The molecule has 6 nitrogen and oxygen atoms in total. The highest BCUT2D eigenvalue weighted by molar-refractivity contribution is 5.94. The zero-order chi connectivity index (χ0) is 20.1. The van der Waals surface area contributed by atoms with Crippen molar-refractivity contribution >= 4 is 5.91 Å². The largest absolute Gasteiger partial charge is 0.497 e. The van der Waals surface area contributed by atoms with Crippen molar-refractivity contribution in [3.05, 3.63) is 72.7 Å². The van der Waals surface area contributed by atoms with Crippen molar-refractivity contribution in [2.24, 2.45) is 0 Å². The maximum absolute atomic E-state index is 12.8. The average molecular weight is 389 g/mol. The summed E-state index contributed by atoms with van der Waals surface area (Å²) in [6, 6.07) is 15.2.